The summed E-state index contributed by atoms with van der Waals surface area (Å²) in [5.74, 6) is -4.12. The monoisotopic (exact) mass is 459 g/mol. The Morgan fingerprint density at radius 3 is 1.60 bits per heavy atom. The first-order valence-electron chi connectivity index (χ1n) is 8.36. The number of hydrogen-bond donors (Lipinski definition) is 4. The molecule has 1 heterocycles. The van der Waals surface area contributed by atoms with Gasteiger partial charge in [0.2, 0.25) is 0 Å². The number of thiol groups is 2. The minimum atomic E-state index is -1.07. The number of hydrogen-bond acceptors (Lipinski definition) is 11. The fourth-order valence-corrected chi connectivity index (χ4v) is 2.55. The van der Waals surface area contributed by atoms with Gasteiger partial charge in [0.25, 0.3) is 11.8 Å². The number of nitrogens with zero attached hydrogens (tertiary/aromatic N) is 1. The van der Waals surface area contributed by atoms with Crippen LogP contribution in [0, 0.1) is 0 Å². The predicted molar refractivity (Wildman–Crippen MR) is 110 cm³/mol. The van der Waals surface area contributed by atoms with Crippen LogP contribution in [0.5, 0.6) is 5.75 Å². The van der Waals surface area contributed by atoms with E-state index in [4.69, 9.17) is 4.74 Å². The number of methoxy groups -OCH3 is 2. The summed E-state index contributed by atoms with van der Waals surface area (Å²) in [6.45, 7) is 1.13. The van der Waals surface area contributed by atoms with E-state index in [1.165, 1.54) is 0 Å². The molecule has 0 fully saturated rings. The van der Waals surface area contributed by atoms with E-state index in [1.807, 2.05) is 0 Å². The molecule has 1 aromatic heterocycles. The molecule has 0 aliphatic carbocycles. The molecule has 2 amide bonds. The number of nitrogens with one attached hydrogen (secondary N) is 2. The van der Waals surface area contributed by atoms with Crippen LogP contribution in [0.15, 0.2) is 12.1 Å². The summed E-state index contributed by atoms with van der Waals surface area (Å²) >= 11 is 7.94. The molecular weight excluding hydrogens is 438 g/mol. The number of rotatable bonds is 9. The second-order valence-corrected chi connectivity index (χ2v) is 6.36. The van der Waals surface area contributed by atoms with Crippen LogP contribution in [-0.4, -0.2) is 72.5 Å². The van der Waals surface area contributed by atoms with Gasteiger partial charge in [-0.25, -0.2) is 14.6 Å². The highest BCUT2D eigenvalue weighted by Crippen LogP contribution is 2.16. The molecule has 1 rings (SSSR count). The summed E-state index contributed by atoms with van der Waals surface area (Å²) in [5, 5.41) is 4.70. The first-order chi connectivity index (χ1) is 14.2. The van der Waals surface area contributed by atoms with Crippen LogP contribution in [0.25, 0.3) is 0 Å². The van der Waals surface area contributed by atoms with Gasteiger partial charge in [-0.2, -0.15) is 25.3 Å². The van der Waals surface area contributed by atoms with Gasteiger partial charge in [-0.1, -0.05) is 0 Å². The van der Waals surface area contributed by atoms with Crippen LogP contribution in [-0.2, 0) is 23.9 Å². The van der Waals surface area contributed by atoms with Crippen molar-refractivity contribution in [3.8, 4) is 5.75 Å². The maximum Gasteiger partial charge on any atom is 0.329 e. The molecule has 0 bridgehead atoms. The SMILES string of the molecule is COC(=O)C(CS)NC(=O)c1cc(OC(C)=O)cc(C(=O)NC(CS)C(=O)OC)n1. The third-order valence-electron chi connectivity index (χ3n) is 3.47. The van der Waals surface area contributed by atoms with Crippen molar-refractivity contribution in [1.82, 2.24) is 15.6 Å². The smallest absolute Gasteiger partial charge is 0.329 e. The number of aromatic nitrogens is 1. The van der Waals surface area contributed by atoms with Gasteiger partial charge in [0, 0.05) is 30.6 Å². The van der Waals surface area contributed by atoms with E-state index < -0.39 is 41.8 Å². The molecule has 0 saturated heterocycles. The minimum absolute atomic E-state index is 0.0574. The molecule has 2 atom stereocenters. The second-order valence-electron chi connectivity index (χ2n) is 5.63. The van der Waals surface area contributed by atoms with E-state index in [0.29, 0.717) is 0 Å². The average molecular weight is 460 g/mol. The van der Waals surface area contributed by atoms with Crippen LogP contribution in [0.4, 0.5) is 0 Å². The minimum Gasteiger partial charge on any atom is -0.467 e. The number of amides is 2. The lowest BCUT2D eigenvalue weighted by Gasteiger charge is -2.16. The molecular formula is C17H21N3O8S2. The molecule has 164 valence electrons. The maximum absolute atomic E-state index is 12.5. The number of carbonyl (C=O) groups excluding carboxylic acids is 5. The quantitative estimate of drug-likeness (QED) is 0.281. The van der Waals surface area contributed by atoms with Crippen LogP contribution >= 0.6 is 25.3 Å². The molecule has 1 aromatic rings. The lowest BCUT2D eigenvalue weighted by Crippen LogP contribution is -2.44. The van der Waals surface area contributed by atoms with Crippen LogP contribution in [0.2, 0.25) is 0 Å². The normalized spacial score (nSPS) is 12.2. The number of esters is 3. The van der Waals surface area contributed by atoms with Gasteiger partial charge in [-0.15, -0.1) is 0 Å². The molecule has 0 aliphatic heterocycles. The Balaban J connectivity index is 3.23. The van der Waals surface area contributed by atoms with Crippen molar-refractivity contribution >= 4 is 55.0 Å². The first-order valence-corrected chi connectivity index (χ1v) is 9.62. The number of ether oxygens (including phenoxy) is 3. The fourth-order valence-electron chi connectivity index (χ4n) is 2.07. The number of carbonyl (C=O) groups is 5. The van der Waals surface area contributed by atoms with Gasteiger partial charge in [0.05, 0.1) is 14.2 Å². The first kappa shape index (κ1) is 25.2. The largest absolute Gasteiger partial charge is 0.467 e. The number of pyridine rings is 1. The zero-order chi connectivity index (χ0) is 22.8. The van der Waals surface area contributed by atoms with Crippen LogP contribution < -0.4 is 15.4 Å². The van der Waals surface area contributed by atoms with Crippen molar-refractivity contribution < 1.29 is 38.2 Å². The van der Waals surface area contributed by atoms with Crippen molar-refractivity contribution in [1.29, 1.82) is 0 Å². The molecule has 2 unspecified atom stereocenters. The van der Waals surface area contributed by atoms with Gasteiger partial charge in [0.15, 0.2) is 0 Å². The van der Waals surface area contributed by atoms with Crippen molar-refractivity contribution in [3.63, 3.8) is 0 Å². The molecule has 0 spiro atoms. The van der Waals surface area contributed by atoms with E-state index in [-0.39, 0.29) is 28.6 Å². The van der Waals surface area contributed by atoms with Gasteiger partial charge >= 0.3 is 17.9 Å². The second kappa shape index (κ2) is 12.0. The van der Waals surface area contributed by atoms with Crippen molar-refractivity contribution in [3.05, 3.63) is 23.5 Å². The standard InChI is InChI=1S/C17H21N3O8S2/c1-8(21)28-9-4-10(14(22)19-12(6-29)16(24)26-2)18-11(5-9)15(23)20-13(7-30)17(25)27-3/h4-5,12-13,29-30H,6-7H2,1-3H3,(H,19,22)(H,20,23). The van der Waals surface area contributed by atoms with Crippen molar-refractivity contribution in [2.45, 2.75) is 19.0 Å². The molecule has 13 heteroatoms. The van der Waals surface area contributed by atoms with Gasteiger partial charge in [-0.3, -0.25) is 14.4 Å². The van der Waals surface area contributed by atoms with E-state index >= 15 is 0 Å². The summed E-state index contributed by atoms with van der Waals surface area (Å²) in [4.78, 5) is 63.5. The van der Waals surface area contributed by atoms with E-state index in [0.717, 1.165) is 33.3 Å². The third-order valence-corrected chi connectivity index (χ3v) is 4.20. The van der Waals surface area contributed by atoms with Crippen LogP contribution in [0.1, 0.15) is 27.9 Å². The zero-order valence-corrected chi connectivity index (χ0v) is 18.1. The van der Waals surface area contributed by atoms with Gasteiger partial charge in [0.1, 0.15) is 29.2 Å². The topological polar surface area (TPSA) is 150 Å². The molecule has 0 aliphatic rings. The molecule has 0 radical (unpaired) electrons. The maximum atomic E-state index is 12.5. The summed E-state index contributed by atoms with van der Waals surface area (Å²) in [6, 6.07) is 0.0680. The highest BCUT2D eigenvalue weighted by atomic mass is 32.1. The summed E-state index contributed by atoms with van der Waals surface area (Å²) in [6.07, 6.45) is 0. The Morgan fingerprint density at radius 2 is 1.30 bits per heavy atom. The average Bonchev–Trinajstić information content (AvgIpc) is 2.73. The van der Waals surface area contributed by atoms with Crippen LogP contribution in [0.3, 0.4) is 0 Å². The van der Waals surface area contributed by atoms with Gasteiger partial charge in [-0.05, 0) is 0 Å². The zero-order valence-electron chi connectivity index (χ0n) is 16.3. The van der Waals surface area contributed by atoms with E-state index in [9.17, 15) is 24.0 Å². The highest BCUT2D eigenvalue weighted by Gasteiger charge is 2.25. The Labute approximate surface area is 183 Å². The third kappa shape index (κ3) is 7.22. The summed E-state index contributed by atoms with van der Waals surface area (Å²) in [7, 11) is 2.29. The molecule has 30 heavy (non-hydrogen) atoms. The highest BCUT2D eigenvalue weighted by molar-refractivity contribution is 7.80. The Bertz CT molecular complexity index is 777. The van der Waals surface area contributed by atoms with Crippen molar-refractivity contribution in [2.75, 3.05) is 25.7 Å². The van der Waals surface area contributed by atoms with E-state index in [2.05, 4.69) is 50.3 Å². The Kier molecular flexibility index (Phi) is 10.1. The van der Waals surface area contributed by atoms with Gasteiger partial charge < -0.3 is 24.8 Å². The molecule has 0 saturated carbocycles. The lowest BCUT2D eigenvalue weighted by molar-refractivity contribution is -0.143. The fraction of sp³-hybridized carbons (Fsp3) is 0.412. The molecule has 0 aromatic carbocycles. The Morgan fingerprint density at radius 1 is 0.900 bits per heavy atom. The predicted octanol–water partition coefficient (Wildman–Crippen LogP) is -0.591. The molecule has 2 N–H and O–H groups in total. The summed E-state index contributed by atoms with van der Waals surface area (Å²) in [5.41, 5.74) is -0.648. The molecule has 11 nitrogen and oxygen atoms in total. The van der Waals surface area contributed by atoms with E-state index in [1.54, 1.807) is 0 Å². The van der Waals surface area contributed by atoms with Crippen molar-refractivity contribution in [2.24, 2.45) is 0 Å². The lowest BCUT2D eigenvalue weighted by atomic mass is 10.2. The summed E-state index contributed by atoms with van der Waals surface area (Å²) < 4.78 is 14.1. The Hall–Kier alpha value is -2.80.